The van der Waals surface area contributed by atoms with Gasteiger partial charge >= 0.3 is 0 Å². The molecule has 1 saturated heterocycles. The number of halogens is 1. The Bertz CT molecular complexity index is 1120. The molecule has 32 heavy (non-hydrogen) atoms. The summed E-state index contributed by atoms with van der Waals surface area (Å²) in [6.45, 7) is 2.94. The minimum Gasteiger partial charge on any atom is -0.383 e. The van der Waals surface area contributed by atoms with Gasteiger partial charge in [0.25, 0.3) is 0 Å². The van der Waals surface area contributed by atoms with E-state index in [1.807, 2.05) is 23.6 Å². The van der Waals surface area contributed by atoms with Gasteiger partial charge in [-0.1, -0.05) is 18.2 Å². The van der Waals surface area contributed by atoms with Crippen molar-refractivity contribution in [2.45, 2.75) is 24.9 Å². The molecule has 5 rings (SSSR count). The lowest BCUT2D eigenvalue weighted by molar-refractivity contribution is 0.0217. The molecule has 0 spiro atoms. The highest BCUT2D eigenvalue weighted by Crippen LogP contribution is 2.34. The Morgan fingerprint density at radius 1 is 1.09 bits per heavy atom. The van der Waals surface area contributed by atoms with E-state index >= 15 is 0 Å². The molecule has 1 atom stereocenters. The van der Waals surface area contributed by atoms with Gasteiger partial charge in [0.15, 0.2) is 11.1 Å². The lowest BCUT2D eigenvalue weighted by Gasteiger charge is -2.40. The Kier molecular flexibility index (Phi) is 5.75. The molecule has 1 fully saturated rings. The van der Waals surface area contributed by atoms with Crippen LogP contribution >= 0.6 is 11.3 Å². The number of guanidine groups is 1. The van der Waals surface area contributed by atoms with Crippen LogP contribution < -0.4 is 15.5 Å². The molecule has 1 aromatic carbocycles. The number of nitrogens with zero attached hydrogens (tertiary/aromatic N) is 4. The largest absolute Gasteiger partial charge is 0.383 e. The maximum atomic E-state index is 13.3. The lowest BCUT2D eigenvalue weighted by atomic mass is 9.85. The fourth-order valence-electron chi connectivity index (χ4n) is 4.14. The summed E-state index contributed by atoms with van der Waals surface area (Å²) in [4.78, 5) is 16.0. The first-order chi connectivity index (χ1) is 15.6. The quantitative estimate of drug-likeness (QED) is 0.561. The van der Waals surface area contributed by atoms with E-state index in [0.717, 1.165) is 66.3 Å². The van der Waals surface area contributed by atoms with Crippen molar-refractivity contribution < 1.29 is 9.50 Å². The summed E-state index contributed by atoms with van der Waals surface area (Å²) in [6.07, 6.45) is 2.49. The summed E-state index contributed by atoms with van der Waals surface area (Å²) in [6, 6.07) is 12.0. The van der Waals surface area contributed by atoms with Gasteiger partial charge in [0.2, 0.25) is 0 Å². The van der Waals surface area contributed by atoms with Gasteiger partial charge in [-0.2, -0.15) is 0 Å². The van der Waals surface area contributed by atoms with Crippen LogP contribution in [0.3, 0.4) is 0 Å². The van der Waals surface area contributed by atoms with Crippen molar-refractivity contribution in [1.82, 2.24) is 15.3 Å². The first-order valence-electron chi connectivity index (χ1n) is 10.8. The highest BCUT2D eigenvalue weighted by molar-refractivity contribution is 7.14. The molecule has 0 aliphatic carbocycles. The van der Waals surface area contributed by atoms with Crippen molar-refractivity contribution >= 4 is 28.2 Å². The second-order valence-electron chi connectivity index (χ2n) is 8.12. The van der Waals surface area contributed by atoms with Crippen molar-refractivity contribution in [3.63, 3.8) is 0 Å². The highest BCUT2D eigenvalue weighted by Gasteiger charge is 2.35. The number of pyridine rings is 1. The van der Waals surface area contributed by atoms with Crippen LogP contribution in [0, 0.1) is 5.82 Å². The van der Waals surface area contributed by atoms with E-state index in [0.29, 0.717) is 13.0 Å². The van der Waals surface area contributed by atoms with Gasteiger partial charge in [-0.15, -0.1) is 11.3 Å². The van der Waals surface area contributed by atoms with Gasteiger partial charge in [-0.3, -0.25) is 4.99 Å². The SMILES string of the molecule is OC1(c2ccc(F)cc2)CCCN(c2cccc(-c3csc(NC4=NCCCN4)n3)n2)C1. The molecule has 0 amide bonds. The number of piperidine rings is 1. The number of rotatable bonds is 4. The number of anilines is 2. The number of β-amino-alcohol motifs (C(OH)–C–C–N with tert-alkyl or cyclic N) is 1. The summed E-state index contributed by atoms with van der Waals surface area (Å²) in [5.74, 6) is 1.25. The number of hydrogen-bond acceptors (Lipinski definition) is 8. The van der Waals surface area contributed by atoms with E-state index in [1.54, 1.807) is 12.1 Å². The highest BCUT2D eigenvalue weighted by atomic mass is 32.1. The van der Waals surface area contributed by atoms with Gasteiger partial charge in [-0.05, 0) is 49.1 Å². The number of benzene rings is 1. The minimum absolute atomic E-state index is 0.303. The summed E-state index contributed by atoms with van der Waals surface area (Å²) >= 11 is 1.51. The summed E-state index contributed by atoms with van der Waals surface area (Å²) < 4.78 is 13.3. The molecule has 0 saturated carbocycles. The third-order valence-electron chi connectivity index (χ3n) is 5.80. The minimum atomic E-state index is -1.03. The van der Waals surface area contributed by atoms with Crippen LogP contribution in [0.15, 0.2) is 52.8 Å². The summed E-state index contributed by atoms with van der Waals surface area (Å²) in [7, 11) is 0. The molecule has 3 aromatic rings. The fourth-order valence-corrected chi connectivity index (χ4v) is 4.84. The average molecular weight is 453 g/mol. The summed E-state index contributed by atoms with van der Waals surface area (Å²) in [5.41, 5.74) is 1.27. The van der Waals surface area contributed by atoms with E-state index in [4.69, 9.17) is 4.98 Å². The standard InChI is InChI=1S/C23H25FN6OS/c24-17-8-6-16(7-9-17)23(31)10-2-13-30(15-23)20-5-1-4-18(27-20)19-14-32-22(28-19)29-21-25-11-3-12-26-21/h1,4-9,14,31H,2-3,10-13,15H2,(H2,25,26,28,29). The van der Waals surface area contributed by atoms with Crippen LogP contribution in [-0.2, 0) is 5.60 Å². The first-order valence-corrected chi connectivity index (χ1v) is 11.7. The van der Waals surface area contributed by atoms with Crippen molar-refractivity contribution in [1.29, 1.82) is 0 Å². The topological polar surface area (TPSA) is 85.7 Å². The van der Waals surface area contributed by atoms with Crippen LogP contribution in [-0.4, -0.2) is 47.2 Å². The molecule has 7 nitrogen and oxygen atoms in total. The van der Waals surface area contributed by atoms with E-state index in [-0.39, 0.29) is 5.82 Å². The summed E-state index contributed by atoms with van der Waals surface area (Å²) in [5, 5.41) is 20.5. The van der Waals surface area contributed by atoms with E-state index in [9.17, 15) is 9.50 Å². The first kappa shape index (κ1) is 20.8. The maximum absolute atomic E-state index is 13.3. The molecular formula is C23H25FN6OS. The Morgan fingerprint density at radius 2 is 1.97 bits per heavy atom. The van der Waals surface area contributed by atoms with E-state index in [1.165, 1.54) is 23.5 Å². The average Bonchev–Trinajstić information content (AvgIpc) is 3.29. The van der Waals surface area contributed by atoms with Gasteiger partial charge < -0.3 is 20.6 Å². The van der Waals surface area contributed by atoms with Crippen molar-refractivity contribution in [3.05, 3.63) is 59.2 Å². The van der Waals surface area contributed by atoms with E-state index in [2.05, 4.69) is 25.5 Å². The smallest absolute Gasteiger partial charge is 0.197 e. The Labute approximate surface area is 190 Å². The third-order valence-corrected chi connectivity index (χ3v) is 6.56. The van der Waals surface area contributed by atoms with Crippen LogP contribution in [0.4, 0.5) is 15.3 Å². The normalized spacial score (nSPS) is 21.1. The maximum Gasteiger partial charge on any atom is 0.197 e. The van der Waals surface area contributed by atoms with Crippen LogP contribution in [0.2, 0.25) is 0 Å². The van der Waals surface area contributed by atoms with Crippen LogP contribution in [0.1, 0.15) is 24.8 Å². The predicted octanol–water partition coefficient (Wildman–Crippen LogP) is 3.59. The van der Waals surface area contributed by atoms with Crippen molar-refractivity contribution in [3.8, 4) is 11.4 Å². The van der Waals surface area contributed by atoms with Crippen LogP contribution in [0.25, 0.3) is 11.4 Å². The molecule has 2 aliphatic rings. The number of hydrogen-bond donors (Lipinski definition) is 3. The fraction of sp³-hybridized carbons (Fsp3) is 0.348. The molecule has 0 radical (unpaired) electrons. The van der Waals surface area contributed by atoms with Crippen molar-refractivity contribution in [2.24, 2.45) is 4.99 Å². The molecule has 2 aliphatic heterocycles. The van der Waals surface area contributed by atoms with Crippen molar-refractivity contribution in [2.75, 3.05) is 36.4 Å². The Hall–Kier alpha value is -3.04. The van der Waals surface area contributed by atoms with Gasteiger partial charge in [0, 0.05) is 25.0 Å². The zero-order valence-electron chi connectivity index (χ0n) is 17.6. The monoisotopic (exact) mass is 452 g/mol. The Morgan fingerprint density at radius 3 is 2.78 bits per heavy atom. The molecule has 2 aromatic heterocycles. The third kappa shape index (κ3) is 4.44. The molecule has 1 unspecified atom stereocenters. The molecule has 0 bridgehead atoms. The molecule has 166 valence electrons. The second kappa shape index (κ2) is 8.84. The second-order valence-corrected chi connectivity index (χ2v) is 8.98. The lowest BCUT2D eigenvalue weighted by Crippen LogP contribution is -2.46. The number of aliphatic imine (C=N–C) groups is 1. The Balaban J connectivity index is 1.34. The molecule has 9 heteroatoms. The zero-order chi connectivity index (χ0) is 22.0. The number of nitrogens with one attached hydrogen (secondary N) is 2. The van der Waals surface area contributed by atoms with Gasteiger partial charge in [0.05, 0.1) is 12.2 Å². The predicted molar refractivity (Wildman–Crippen MR) is 126 cm³/mol. The van der Waals surface area contributed by atoms with E-state index < -0.39 is 5.60 Å². The van der Waals surface area contributed by atoms with Crippen LogP contribution in [0.5, 0.6) is 0 Å². The number of thiazole rings is 1. The number of aliphatic hydroxyl groups is 1. The molecule has 4 heterocycles. The molecular weight excluding hydrogens is 427 g/mol. The van der Waals surface area contributed by atoms with Gasteiger partial charge in [-0.25, -0.2) is 14.4 Å². The van der Waals surface area contributed by atoms with Gasteiger partial charge in [0.1, 0.15) is 22.9 Å². The number of aromatic nitrogens is 2. The zero-order valence-corrected chi connectivity index (χ0v) is 18.4. The molecule has 3 N–H and O–H groups in total.